The summed E-state index contributed by atoms with van der Waals surface area (Å²) < 4.78 is 14.6. The van der Waals surface area contributed by atoms with Crippen molar-refractivity contribution in [1.82, 2.24) is 9.78 Å². The van der Waals surface area contributed by atoms with Gasteiger partial charge in [-0.25, -0.2) is 4.39 Å². The van der Waals surface area contributed by atoms with Gasteiger partial charge in [-0.1, -0.05) is 11.6 Å². The number of hydrogen-bond donors (Lipinski definition) is 0. The number of aryl methyl sites for hydroxylation is 3. The van der Waals surface area contributed by atoms with Crippen LogP contribution in [-0.4, -0.2) is 15.6 Å². The Morgan fingerprint density at radius 2 is 2.11 bits per heavy atom. The first-order valence-electron chi connectivity index (χ1n) is 5.87. The van der Waals surface area contributed by atoms with Gasteiger partial charge in [0.05, 0.1) is 22.8 Å². The maximum absolute atomic E-state index is 13.0. The minimum atomic E-state index is -0.344. The molecule has 0 saturated carbocycles. The van der Waals surface area contributed by atoms with E-state index in [-0.39, 0.29) is 18.0 Å². The van der Waals surface area contributed by atoms with E-state index in [0.717, 1.165) is 0 Å². The van der Waals surface area contributed by atoms with Crippen LogP contribution in [-0.2, 0) is 13.5 Å². The van der Waals surface area contributed by atoms with Crippen molar-refractivity contribution in [2.45, 2.75) is 20.3 Å². The van der Waals surface area contributed by atoms with E-state index in [0.29, 0.717) is 27.5 Å². The van der Waals surface area contributed by atoms with Gasteiger partial charge in [0.25, 0.3) is 0 Å². The number of carbonyl (C=O) groups is 1. The third-order valence-corrected chi connectivity index (χ3v) is 3.57. The second-order valence-electron chi connectivity index (χ2n) is 4.53. The molecular weight excluding hydrogens is 267 g/mol. The smallest absolute Gasteiger partial charge is 0.169 e. The number of benzene rings is 1. The van der Waals surface area contributed by atoms with Gasteiger partial charge in [-0.15, -0.1) is 0 Å². The Kier molecular flexibility index (Phi) is 3.71. The van der Waals surface area contributed by atoms with Crippen LogP contribution in [0.4, 0.5) is 4.39 Å². The van der Waals surface area contributed by atoms with Crippen LogP contribution in [0.15, 0.2) is 18.2 Å². The summed E-state index contributed by atoms with van der Waals surface area (Å²) >= 11 is 6.12. The van der Waals surface area contributed by atoms with Gasteiger partial charge in [-0.2, -0.15) is 5.10 Å². The summed E-state index contributed by atoms with van der Waals surface area (Å²) in [6.45, 7) is 3.51. The van der Waals surface area contributed by atoms with Crippen molar-refractivity contribution in [3.63, 3.8) is 0 Å². The van der Waals surface area contributed by atoms with Gasteiger partial charge in [0.1, 0.15) is 5.82 Å². The van der Waals surface area contributed by atoms with E-state index in [2.05, 4.69) is 5.10 Å². The van der Waals surface area contributed by atoms with Crippen molar-refractivity contribution in [3.05, 3.63) is 51.6 Å². The number of hydrogen-bond acceptors (Lipinski definition) is 2. The van der Waals surface area contributed by atoms with Gasteiger partial charge in [-0.05, 0) is 37.6 Å². The van der Waals surface area contributed by atoms with Gasteiger partial charge in [0, 0.05) is 12.6 Å². The Bertz CT molecular complexity index is 649. The molecule has 0 aliphatic rings. The molecule has 1 aromatic carbocycles. The van der Waals surface area contributed by atoms with Crippen LogP contribution in [0.3, 0.4) is 0 Å². The SMILES string of the molecule is Cc1cc(F)ccc1C(=O)Cc1c(Cl)c(C)nn1C. The molecule has 0 unspecified atom stereocenters. The second kappa shape index (κ2) is 5.13. The average molecular weight is 281 g/mol. The Balaban J connectivity index is 2.31. The van der Waals surface area contributed by atoms with E-state index in [9.17, 15) is 9.18 Å². The molecule has 0 amide bonds. The number of ketones is 1. The molecule has 1 aromatic heterocycles. The predicted molar refractivity (Wildman–Crippen MR) is 72.1 cm³/mol. The van der Waals surface area contributed by atoms with Gasteiger partial charge >= 0.3 is 0 Å². The zero-order valence-electron chi connectivity index (χ0n) is 11.0. The Morgan fingerprint density at radius 1 is 1.42 bits per heavy atom. The monoisotopic (exact) mass is 280 g/mol. The summed E-state index contributed by atoms with van der Waals surface area (Å²) in [6.07, 6.45) is 0.155. The fourth-order valence-corrected chi connectivity index (χ4v) is 2.29. The number of nitrogens with zero attached hydrogens (tertiary/aromatic N) is 2. The lowest BCUT2D eigenvalue weighted by molar-refractivity contribution is 0.0990. The Labute approximate surface area is 116 Å². The van der Waals surface area contributed by atoms with Crippen LogP contribution >= 0.6 is 11.6 Å². The first-order valence-corrected chi connectivity index (χ1v) is 6.25. The highest BCUT2D eigenvalue weighted by atomic mass is 35.5. The average Bonchev–Trinajstić information content (AvgIpc) is 2.56. The fourth-order valence-electron chi connectivity index (χ4n) is 2.06. The summed E-state index contributed by atoms with van der Waals surface area (Å²) in [6, 6.07) is 4.14. The molecule has 0 spiro atoms. The maximum atomic E-state index is 13.0. The largest absolute Gasteiger partial charge is 0.294 e. The summed E-state index contributed by atoms with van der Waals surface area (Å²) in [5.74, 6) is -0.439. The number of Topliss-reactive ketones (excluding diaryl/α,β-unsaturated/α-hetero) is 1. The number of halogens is 2. The Hall–Kier alpha value is -1.68. The highest BCUT2D eigenvalue weighted by Crippen LogP contribution is 2.22. The van der Waals surface area contributed by atoms with E-state index < -0.39 is 0 Å². The highest BCUT2D eigenvalue weighted by Gasteiger charge is 2.17. The van der Waals surface area contributed by atoms with Crippen molar-refractivity contribution in [2.75, 3.05) is 0 Å². The zero-order chi connectivity index (χ0) is 14.2. The molecule has 0 atom stereocenters. The standard InChI is InChI=1S/C14H14ClFN2O/c1-8-6-10(16)4-5-11(8)13(19)7-12-14(15)9(2)17-18(12)3/h4-6H,7H2,1-3H3. The molecule has 0 fully saturated rings. The molecule has 0 radical (unpaired) electrons. The minimum absolute atomic E-state index is 0.0950. The molecule has 1 heterocycles. The van der Waals surface area contributed by atoms with Gasteiger partial charge in [-0.3, -0.25) is 9.48 Å². The van der Waals surface area contributed by atoms with Gasteiger partial charge < -0.3 is 0 Å². The van der Waals surface area contributed by atoms with Crippen LogP contribution < -0.4 is 0 Å². The summed E-state index contributed by atoms with van der Waals surface area (Å²) in [7, 11) is 1.75. The Morgan fingerprint density at radius 3 is 2.63 bits per heavy atom. The van der Waals surface area contributed by atoms with Crippen molar-refractivity contribution >= 4 is 17.4 Å². The molecule has 19 heavy (non-hydrogen) atoms. The van der Waals surface area contributed by atoms with E-state index in [1.807, 2.05) is 0 Å². The van der Waals surface area contributed by atoms with Gasteiger partial charge in [0.2, 0.25) is 0 Å². The molecule has 2 aromatic rings. The maximum Gasteiger partial charge on any atom is 0.169 e. The zero-order valence-corrected chi connectivity index (χ0v) is 11.8. The van der Waals surface area contributed by atoms with Crippen molar-refractivity contribution in [3.8, 4) is 0 Å². The molecule has 0 aliphatic heterocycles. The normalized spacial score (nSPS) is 10.8. The molecule has 100 valence electrons. The van der Waals surface area contributed by atoms with Crippen molar-refractivity contribution < 1.29 is 9.18 Å². The molecule has 2 rings (SSSR count). The third kappa shape index (κ3) is 2.68. The quantitative estimate of drug-likeness (QED) is 0.809. The lowest BCUT2D eigenvalue weighted by atomic mass is 10.0. The second-order valence-corrected chi connectivity index (χ2v) is 4.91. The number of rotatable bonds is 3. The number of carbonyl (C=O) groups excluding carboxylic acids is 1. The van der Waals surface area contributed by atoms with Crippen molar-refractivity contribution in [1.29, 1.82) is 0 Å². The van der Waals surface area contributed by atoms with E-state index >= 15 is 0 Å². The molecule has 0 aliphatic carbocycles. The lowest BCUT2D eigenvalue weighted by Crippen LogP contribution is -2.10. The molecule has 5 heteroatoms. The first-order chi connectivity index (χ1) is 8.90. The van der Waals surface area contributed by atoms with Gasteiger partial charge in [0.15, 0.2) is 5.78 Å². The van der Waals surface area contributed by atoms with Crippen LogP contribution in [0.5, 0.6) is 0 Å². The van der Waals surface area contributed by atoms with E-state index in [1.165, 1.54) is 18.2 Å². The minimum Gasteiger partial charge on any atom is -0.294 e. The third-order valence-electron chi connectivity index (χ3n) is 3.08. The number of aromatic nitrogens is 2. The highest BCUT2D eigenvalue weighted by molar-refractivity contribution is 6.32. The summed E-state index contributed by atoms with van der Waals surface area (Å²) in [4.78, 5) is 12.2. The molecule has 0 saturated heterocycles. The first kappa shape index (κ1) is 13.7. The van der Waals surface area contributed by atoms with Crippen LogP contribution in [0.25, 0.3) is 0 Å². The van der Waals surface area contributed by atoms with Crippen LogP contribution in [0.2, 0.25) is 5.02 Å². The van der Waals surface area contributed by atoms with Crippen LogP contribution in [0, 0.1) is 19.7 Å². The van der Waals surface area contributed by atoms with Crippen molar-refractivity contribution in [2.24, 2.45) is 7.05 Å². The summed E-state index contributed by atoms with van der Waals surface area (Å²) in [5.41, 5.74) is 2.51. The molecule has 3 nitrogen and oxygen atoms in total. The van der Waals surface area contributed by atoms with Crippen LogP contribution in [0.1, 0.15) is 27.3 Å². The fraction of sp³-hybridized carbons (Fsp3) is 0.286. The van der Waals surface area contributed by atoms with E-state index in [1.54, 1.807) is 25.6 Å². The molecule has 0 bridgehead atoms. The predicted octanol–water partition coefficient (Wildman–Crippen LogP) is 3.25. The lowest BCUT2D eigenvalue weighted by Gasteiger charge is -2.06. The topological polar surface area (TPSA) is 34.9 Å². The summed E-state index contributed by atoms with van der Waals surface area (Å²) in [5, 5.41) is 4.68. The van der Waals surface area contributed by atoms with E-state index in [4.69, 9.17) is 11.6 Å². The molecular formula is C14H14ClFN2O. The molecule has 0 N–H and O–H groups in total.